The molecule has 0 aromatic heterocycles. The van der Waals surface area contributed by atoms with Crippen LogP contribution in [0.5, 0.6) is 0 Å². The summed E-state index contributed by atoms with van der Waals surface area (Å²) in [6, 6.07) is 1.01. The highest BCUT2D eigenvalue weighted by Crippen LogP contribution is 2.48. The minimum atomic E-state index is 0.287. The molecular weight excluding hydrogens is 252 g/mol. The first kappa shape index (κ1) is 15.8. The van der Waals surface area contributed by atoms with E-state index in [-0.39, 0.29) is 11.3 Å². The Balaban J connectivity index is 1.90. The third-order valence-electron chi connectivity index (χ3n) is 5.67. The fourth-order valence-electron chi connectivity index (χ4n) is 4.14. The van der Waals surface area contributed by atoms with Crippen LogP contribution in [0, 0.1) is 5.41 Å². The standard InChI is InChI=1S/C16H30N2O2/c1-5-15(19)18-9-8-12(11-18)17-13-10-14(20-4)16(13,6-2)7-3/h12-14,17H,5-11H2,1-4H3/t12-,13+,14+/m0/s1. The summed E-state index contributed by atoms with van der Waals surface area (Å²) in [5.74, 6) is 0.287. The normalized spacial score (nSPS) is 32.2. The Morgan fingerprint density at radius 2 is 2.05 bits per heavy atom. The second kappa shape index (κ2) is 6.44. The molecule has 1 saturated heterocycles. The van der Waals surface area contributed by atoms with E-state index in [0.717, 1.165) is 38.8 Å². The summed E-state index contributed by atoms with van der Waals surface area (Å²) in [6.07, 6.45) is 5.52. The first-order valence-electron chi connectivity index (χ1n) is 8.17. The van der Waals surface area contributed by atoms with Crippen LogP contribution >= 0.6 is 0 Å². The van der Waals surface area contributed by atoms with Crippen LogP contribution in [0.2, 0.25) is 0 Å². The molecule has 0 radical (unpaired) electrons. The summed E-state index contributed by atoms with van der Waals surface area (Å²) < 4.78 is 5.65. The molecule has 4 nitrogen and oxygen atoms in total. The van der Waals surface area contributed by atoms with Gasteiger partial charge >= 0.3 is 0 Å². The van der Waals surface area contributed by atoms with Crippen LogP contribution in [-0.4, -0.2) is 49.2 Å². The fourth-order valence-corrected chi connectivity index (χ4v) is 4.14. The summed E-state index contributed by atoms with van der Waals surface area (Å²) in [5.41, 5.74) is 0.289. The van der Waals surface area contributed by atoms with Gasteiger partial charge in [0.2, 0.25) is 5.91 Å². The highest BCUT2D eigenvalue weighted by molar-refractivity contribution is 5.76. The van der Waals surface area contributed by atoms with Gasteiger partial charge in [-0.15, -0.1) is 0 Å². The summed E-state index contributed by atoms with van der Waals surface area (Å²) in [5, 5.41) is 3.81. The molecule has 0 aromatic carbocycles. The number of carbonyl (C=O) groups excluding carboxylic acids is 1. The first-order valence-corrected chi connectivity index (χ1v) is 8.17. The van der Waals surface area contributed by atoms with Crippen molar-refractivity contribution in [1.82, 2.24) is 10.2 Å². The topological polar surface area (TPSA) is 41.6 Å². The fraction of sp³-hybridized carbons (Fsp3) is 0.938. The lowest BCUT2D eigenvalue weighted by Crippen LogP contribution is -2.65. The molecule has 1 saturated carbocycles. The number of amides is 1. The van der Waals surface area contributed by atoms with Crippen LogP contribution in [0.3, 0.4) is 0 Å². The van der Waals surface area contributed by atoms with E-state index in [2.05, 4.69) is 19.2 Å². The molecule has 1 N–H and O–H groups in total. The Hall–Kier alpha value is -0.610. The van der Waals surface area contributed by atoms with Crippen molar-refractivity contribution in [2.75, 3.05) is 20.2 Å². The molecule has 1 heterocycles. The lowest BCUT2D eigenvalue weighted by molar-refractivity contribution is -0.131. The molecular formula is C16H30N2O2. The Morgan fingerprint density at radius 1 is 1.35 bits per heavy atom. The third-order valence-corrected chi connectivity index (χ3v) is 5.67. The number of carbonyl (C=O) groups is 1. The maximum Gasteiger partial charge on any atom is 0.222 e. The smallest absolute Gasteiger partial charge is 0.222 e. The monoisotopic (exact) mass is 282 g/mol. The van der Waals surface area contributed by atoms with Crippen LogP contribution in [0.1, 0.15) is 52.9 Å². The molecule has 0 spiro atoms. The van der Waals surface area contributed by atoms with Gasteiger partial charge in [-0.25, -0.2) is 0 Å². The zero-order valence-electron chi connectivity index (χ0n) is 13.4. The summed E-state index contributed by atoms with van der Waals surface area (Å²) >= 11 is 0. The lowest BCUT2D eigenvalue weighted by atomic mass is 9.58. The second-order valence-corrected chi connectivity index (χ2v) is 6.30. The average Bonchev–Trinajstić information content (AvgIpc) is 2.92. The number of nitrogens with one attached hydrogen (secondary N) is 1. The quantitative estimate of drug-likeness (QED) is 0.812. The predicted molar refractivity (Wildman–Crippen MR) is 80.6 cm³/mol. The number of hydrogen-bond acceptors (Lipinski definition) is 3. The van der Waals surface area contributed by atoms with E-state index < -0.39 is 0 Å². The predicted octanol–water partition coefficient (Wildman–Crippen LogP) is 2.18. The van der Waals surface area contributed by atoms with Crippen LogP contribution in [0.25, 0.3) is 0 Å². The van der Waals surface area contributed by atoms with Gasteiger partial charge in [0.25, 0.3) is 0 Å². The van der Waals surface area contributed by atoms with E-state index in [4.69, 9.17) is 4.74 Å². The highest BCUT2D eigenvalue weighted by Gasteiger charge is 2.53. The Bertz CT molecular complexity index is 341. The largest absolute Gasteiger partial charge is 0.381 e. The molecule has 0 unspecified atom stereocenters. The Kier molecular flexibility index (Phi) is 5.08. The molecule has 2 fully saturated rings. The number of ether oxygens (including phenoxy) is 1. The zero-order valence-corrected chi connectivity index (χ0v) is 13.4. The third kappa shape index (κ3) is 2.60. The maximum absolute atomic E-state index is 11.7. The van der Waals surface area contributed by atoms with Gasteiger partial charge in [-0.3, -0.25) is 4.79 Å². The van der Waals surface area contributed by atoms with E-state index in [1.54, 1.807) is 0 Å². The van der Waals surface area contributed by atoms with E-state index in [1.807, 2.05) is 18.9 Å². The summed E-state index contributed by atoms with van der Waals surface area (Å²) in [6.45, 7) is 8.27. The maximum atomic E-state index is 11.7. The molecule has 0 bridgehead atoms. The SMILES string of the molecule is CCC(=O)N1CC[C@H](N[C@@H]2C[C@@H](OC)C2(CC)CC)C1. The van der Waals surface area contributed by atoms with Crippen molar-refractivity contribution in [1.29, 1.82) is 0 Å². The van der Waals surface area contributed by atoms with E-state index >= 15 is 0 Å². The van der Waals surface area contributed by atoms with Gasteiger partial charge in [-0.05, 0) is 25.7 Å². The van der Waals surface area contributed by atoms with Crippen molar-refractivity contribution in [3.8, 4) is 0 Å². The van der Waals surface area contributed by atoms with Crippen molar-refractivity contribution < 1.29 is 9.53 Å². The van der Waals surface area contributed by atoms with E-state index in [9.17, 15) is 4.79 Å². The minimum Gasteiger partial charge on any atom is -0.381 e. The van der Waals surface area contributed by atoms with E-state index in [1.165, 1.54) is 0 Å². The molecule has 4 heteroatoms. The van der Waals surface area contributed by atoms with Crippen LogP contribution in [0.4, 0.5) is 0 Å². The van der Waals surface area contributed by atoms with Crippen molar-refractivity contribution in [2.45, 2.75) is 71.1 Å². The van der Waals surface area contributed by atoms with Crippen LogP contribution in [0.15, 0.2) is 0 Å². The molecule has 116 valence electrons. The van der Waals surface area contributed by atoms with Crippen molar-refractivity contribution in [3.63, 3.8) is 0 Å². The van der Waals surface area contributed by atoms with Gasteiger partial charge in [0.15, 0.2) is 0 Å². The second-order valence-electron chi connectivity index (χ2n) is 6.30. The molecule has 3 atom stereocenters. The van der Waals surface area contributed by atoms with Gasteiger partial charge < -0.3 is 15.0 Å². The van der Waals surface area contributed by atoms with Gasteiger partial charge in [0, 0.05) is 44.1 Å². The van der Waals surface area contributed by atoms with Crippen molar-refractivity contribution in [3.05, 3.63) is 0 Å². The number of likely N-dealkylation sites (tertiary alicyclic amines) is 1. The number of methoxy groups -OCH3 is 1. The Morgan fingerprint density at radius 3 is 2.60 bits per heavy atom. The first-order chi connectivity index (χ1) is 9.61. The number of rotatable bonds is 6. The minimum absolute atomic E-state index is 0.287. The van der Waals surface area contributed by atoms with Gasteiger partial charge in [-0.1, -0.05) is 20.8 Å². The highest BCUT2D eigenvalue weighted by atomic mass is 16.5. The van der Waals surface area contributed by atoms with E-state index in [0.29, 0.717) is 24.6 Å². The number of hydrogen-bond donors (Lipinski definition) is 1. The molecule has 1 amide bonds. The van der Waals surface area contributed by atoms with Gasteiger partial charge in [-0.2, -0.15) is 0 Å². The average molecular weight is 282 g/mol. The number of nitrogens with zero attached hydrogens (tertiary/aromatic N) is 1. The van der Waals surface area contributed by atoms with Gasteiger partial charge in [0.1, 0.15) is 0 Å². The molecule has 1 aliphatic heterocycles. The summed E-state index contributed by atoms with van der Waals surface area (Å²) in [7, 11) is 1.83. The molecule has 20 heavy (non-hydrogen) atoms. The molecule has 2 aliphatic rings. The Labute approximate surface area is 123 Å². The zero-order chi connectivity index (χ0) is 14.8. The van der Waals surface area contributed by atoms with Crippen LogP contribution in [-0.2, 0) is 9.53 Å². The lowest BCUT2D eigenvalue weighted by Gasteiger charge is -2.56. The molecule has 0 aromatic rings. The van der Waals surface area contributed by atoms with Crippen molar-refractivity contribution in [2.24, 2.45) is 5.41 Å². The summed E-state index contributed by atoms with van der Waals surface area (Å²) in [4.78, 5) is 13.7. The van der Waals surface area contributed by atoms with Crippen LogP contribution < -0.4 is 5.32 Å². The molecule has 1 aliphatic carbocycles. The van der Waals surface area contributed by atoms with Gasteiger partial charge in [0.05, 0.1) is 6.10 Å². The van der Waals surface area contributed by atoms with Crippen molar-refractivity contribution >= 4 is 5.91 Å². The molecule has 2 rings (SSSR count).